The maximum absolute atomic E-state index is 12.4. The number of thiophene rings is 1. The van der Waals surface area contributed by atoms with Crippen LogP contribution in [0.3, 0.4) is 0 Å². The van der Waals surface area contributed by atoms with Crippen LogP contribution in [0.4, 0.5) is 0 Å². The lowest BCUT2D eigenvalue weighted by Crippen LogP contribution is -2.10. The Bertz CT molecular complexity index is 1050. The van der Waals surface area contributed by atoms with Crippen molar-refractivity contribution in [2.24, 2.45) is 0 Å². The number of nitrogens with one attached hydrogen (secondary N) is 1. The summed E-state index contributed by atoms with van der Waals surface area (Å²) in [5, 5.41) is 0.427. The average Bonchev–Trinajstić information content (AvgIpc) is 2.97. The standard InChI is InChI=1S/C19H18N2O4S/c1-4-25-19(23)16-11(2)15-17(22)20-14(21-18(15)26-16)9-8-12-6-5-7-13(10-12)24-3/h5-10H,4H2,1-3H3,(H,20,21,22)/b9-8+. The van der Waals surface area contributed by atoms with E-state index in [4.69, 9.17) is 9.47 Å². The number of carbonyl (C=O) groups is 1. The van der Waals surface area contributed by atoms with Crippen molar-refractivity contribution in [2.45, 2.75) is 13.8 Å². The molecule has 0 aliphatic carbocycles. The van der Waals surface area contributed by atoms with Crippen molar-refractivity contribution in [3.05, 3.63) is 56.4 Å². The number of esters is 1. The predicted octanol–water partition coefficient (Wildman–Crippen LogP) is 3.65. The van der Waals surface area contributed by atoms with E-state index in [2.05, 4.69) is 9.97 Å². The Balaban J connectivity index is 1.99. The van der Waals surface area contributed by atoms with Gasteiger partial charge in [0.05, 0.1) is 19.1 Å². The van der Waals surface area contributed by atoms with Crippen molar-refractivity contribution in [1.29, 1.82) is 0 Å². The third-order valence-electron chi connectivity index (χ3n) is 3.81. The second-order valence-corrected chi connectivity index (χ2v) is 6.52. The summed E-state index contributed by atoms with van der Waals surface area (Å²) in [5.74, 6) is 0.736. The number of fused-ring (bicyclic) bond motifs is 1. The van der Waals surface area contributed by atoms with Gasteiger partial charge in [0.1, 0.15) is 21.3 Å². The minimum atomic E-state index is -0.430. The van der Waals surface area contributed by atoms with Gasteiger partial charge in [-0.1, -0.05) is 18.2 Å². The van der Waals surface area contributed by atoms with Gasteiger partial charge in [-0.05, 0) is 43.2 Å². The van der Waals surface area contributed by atoms with E-state index in [1.807, 2.05) is 30.3 Å². The smallest absolute Gasteiger partial charge is 0.348 e. The van der Waals surface area contributed by atoms with Crippen LogP contribution in [0.15, 0.2) is 29.1 Å². The summed E-state index contributed by atoms with van der Waals surface area (Å²) >= 11 is 1.17. The summed E-state index contributed by atoms with van der Waals surface area (Å²) in [5.41, 5.74) is 1.24. The molecule has 0 fully saturated rings. The lowest BCUT2D eigenvalue weighted by atomic mass is 10.2. The van der Waals surface area contributed by atoms with Crippen molar-refractivity contribution in [3.63, 3.8) is 0 Å². The van der Waals surface area contributed by atoms with Crippen molar-refractivity contribution >= 4 is 39.7 Å². The normalized spacial score (nSPS) is 11.2. The lowest BCUT2D eigenvalue weighted by Gasteiger charge is -2.00. The van der Waals surface area contributed by atoms with Crippen molar-refractivity contribution < 1.29 is 14.3 Å². The number of rotatable bonds is 5. The number of ether oxygens (including phenoxy) is 2. The van der Waals surface area contributed by atoms with Gasteiger partial charge in [0.15, 0.2) is 0 Å². The minimum Gasteiger partial charge on any atom is -0.497 e. The summed E-state index contributed by atoms with van der Waals surface area (Å²) in [6.45, 7) is 3.76. The number of carbonyl (C=O) groups excluding carboxylic acids is 1. The summed E-state index contributed by atoms with van der Waals surface area (Å²) in [4.78, 5) is 32.6. The van der Waals surface area contributed by atoms with E-state index in [-0.39, 0.29) is 12.2 Å². The molecule has 0 amide bonds. The van der Waals surface area contributed by atoms with E-state index in [1.54, 1.807) is 27.0 Å². The monoisotopic (exact) mass is 370 g/mol. The number of aromatic amines is 1. The Morgan fingerprint density at radius 3 is 2.88 bits per heavy atom. The fraction of sp³-hybridized carbons (Fsp3) is 0.211. The van der Waals surface area contributed by atoms with Crippen LogP contribution in [0, 0.1) is 6.92 Å². The molecule has 0 spiro atoms. The highest BCUT2D eigenvalue weighted by atomic mass is 32.1. The number of methoxy groups -OCH3 is 1. The van der Waals surface area contributed by atoms with Gasteiger partial charge >= 0.3 is 5.97 Å². The summed E-state index contributed by atoms with van der Waals surface area (Å²) < 4.78 is 10.2. The number of H-pyrrole nitrogens is 1. The molecule has 0 aliphatic heterocycles. The lowest BCUT2D eigenvalue weighted by molar-refractivity contribution is 0.0531. The van der Waals surface area contributed by atoms with E-state index >= 15 is 0 Å². The molecular weight excluding hydrogens is 352 g/mol. The van der Waals surface area contributed by atoms with Crippen LogP contribution in [0.25, 0.3) is 22.4 Å². The van der Waals surface area contributed by atoms with Crippen LogP contribution in [-0.4, -0.2) is 29.7 Å². The van der Waals surface area contributed by atoms with Gasteiger partial charge in [-0.25, -0.2) is 9.78 Å². The molecule has 6 nitrogen and oxygen atoms in total. The van der Waals surface area contributed by atoms with Gasteiger partial charge in [0, 0.05) is 0 Å². The fourth-order valence-electron chi connectivity index (χ4n) is 2.55. The molecule has 0 bridgehead atoms. The van der Waals surface area contributed by atoms with Crippen LogP contribution >= 0.6 is 11.3 Å². The SMILES string of the molecule is CCOC(=O)c1sc2nc(/C=C/c3cccc(OC)c3)[nH]c(=O)c2c1C. The van der Waals surface area contributed by atoms with Gasteiger partial charge in [0.25, 0.3) is 5.56 Å². The number of benzene rings is 1. The fourth-order valence-corrected chi connectivity index (χ4v) is 3.63. The van der Waals surface area contributed by atoms with Gasteiger partial charge in [-0.2, -0.15) is 0 Å². The first-order valence-electron chi connectivity index (χ1n) is 8.06. The first kappa shape index (κ1) is 17.9. The molecule has 2 aromatic heterocycles. The number of hydrogen-bond acceptors (Lipinski definition) is 6. The molecular formula is C19H18N2O4S. The molecule has 1 aromatic carbocycles. The van der Waals surface area contributed by atoms with E-state index in [1.165, 1.54) is 11.3 Å². The third kappa shape index (κ3) is 3.52. The highest BCUT2D eigenvalue weighted by Crippen LogP contribution is 2.27. The van der Waals surface area contributed by atoms with E-state index < -0.39 is 5.97 Å². The zero-order valence-corrected chi connectivity index (χ0v) is 15.5. The Kier molecular flexibility index (Phi) is 5.18. The van der Waals surface area contributed by atoms with E-state index in [9.17, 15) is 9.59 Å². The number of hydrogen-bond donors (Lipinski definition) is 1. The van der Waals surface area contributed by atoms with E-state index in [0.717, 1.165) is 11.3 Å². The Labute approximate surface area is 154 Å². The molecule has 3 aromatic rings. The molecule has 0 saturated heterocycles. The van der Waals surface area contributed by atoms with Crippen molar-refractivity contribution in [3.8, 4) is 5.75 Å². The number of aryl methyl sites for hydroxylation is 1. The second-order valence-electron chi connectivity index (χ2n) is 5.52. The predicted molar refractivity (Wildman–Crippen MR) is 103 cm³/mol. The van der Waals surface area contributed by atoms with Crippen LogP contribution in [-0.2, 0) is 4.74 Å². The van der Waals surface area contributed by atoms with Crippen LogP contribution in [0.2, 0.25) is 0 Å². The summed E-state index contributed by atoms with van der Waals surface area (Å²) in [6.07, 6.45) is 3.55. The Morgan fingerprint density at radius 1 is 1.35 bits per heavy atom. The topological polar surface area (TPSA) is 81.3 Å². The molecule has 0 atom stereocenters. The average molecular weight is 370 g/mol. The van der Waals surface area contributed by atoms with E-state index in [0.29, 0.717) is 26.5 Å². The molecule has 0 unspecified atom stereocenters. The quantitative estimate of drug-likeness (QED) is 0.693. The zero-order chi connectivity index (χ0) is 18.7. The molecule has 1 N–H and O–H groups in total. The molecule has 0 radical (unpaired) electrons. The first-order chi connectivity index (χ1) is 12.5. The molecule has 7 heteroatoms. The second kappa shape index (κ2) is 7.53. The molecule has 0 saturated carbocycles. The molecule has 0 aliphatic rings. The summed E-state index contributed by atoms with van der Waals surface area (Å²) in [7, 11) is 1.61. The number of nitrogens with zero attached hydrogens (tertiary/aromatic N) is 1. The molecule has 3 rings (SSSR count). The first-order valence-corrected chi connectivity index (χ1v) is 8.87. The number of aromatic nitrogens is 2. The largest absolute Gasteiger partial charge is 0.497 e. The highest BCUT2D eigenvalue weighted by Gasteiger charge is 2.19. The molecule has 26 heavy (non-hydrogen) atoms. The Hall–Kier alpha value is -2.93. The van der Waals surface area contributed by atoms with Gasteiger partial charge in [0.2, 0.25) is 0 Å². The van der Waals surface area contributed by atoms with Crippen molar-refractivity contribution in [2.75, 3.05) is 13.7 Å². The van der Waals surface area contributed by atoms with Crippen LogP contribution < -0.4 is 10.3 Å². The maximum atomic E-state index is 12.4. The maximum Gasteiger partial charge on any atom is 0.348 e. The summed E-state index contributed by atoms with van der Waals surface area (Å²) in [6, 6.07) is 7.53. The molecule has 2 heterocycles. The van der Waals surface area contributed by atoms with Crippen LogP contribution in [0.1, 0.15) is 33.5 Å². The van der Waals surface area contributed by atoms with Gasteiger partial charge in [-0.15, -0.1) is 11.3 Å². The third-order valence-corrected chi connectivity index (χ3v) is 4.97. The Morgan fingerprint density at radius 2 is 2.15 bits per heavy atom. The van der Waals surface area contributed by atoms with Gasteiger partial charge < -0.3 is 14.5 Å². The van der Waals surface area contributed by atoms with Crippen molar-refractivity contribution in [1.82, 2.24) is 9.97 Å². The van der Waals surface area contributed by atoms with Gasteiger partial charge in [-0.3, -0.25) is 4.79 Å². The minimum absolute atomic E-state index is 0.274. The highest BCUT2D eigenvalue weighted by molar-refractivity contribution is 7.20. The van der Waals surface area contributed by atoms with Crippen LogP contribution in [0.5, 0.6) is 5.75 Å². The molecule has 134 valence electrons. The zero-order valence-electron chi connectivity index (χ0n) is 14.7.